The van der Waals surface area contributed by atoms with Crippen LogP contribution in [0.2, 0.25) is 0 Å². The second-order valence-electron chi connectivity index (χ2n) is 6.42. The van der Waals surface area contributed by atoms with Gasteiger partial charge in [-0.3, -0.25) is 14.5 Å². The highest BCUT2D eigenvalue weighted by Gasteiger charge is 2.42. The van der Waals surface area contributed by atoms with E-state index < -0.39 is 0 Å². The van der Waals surface area contributed by atoms with Gasteiger partial charge in [-0.2, -0.15) is 0 Å². The molecule has 2 amide bonds. The van der Waals surface area contributed by atoms with Crippen LogP contribution in [0.5, 0.6) is 0 Å². The number of nitrogens with zero attached hydrogens (tertiary/aromatic N) is 2. The van der Waals surface area contributed by atoms with Gasteiger partial charge in [-0.05, 0) is 63.9 Å². The number of likely N-dealkylation sites (N-methyl/N-ethyl adjacent to an activating group) is 1. The third kappa shape index (κ3) is 2.09. The summed E-state index contributed by atoms with van der Waals surface area (Å²) >= 11 is 0. The number of carbonyl (C=O) groups excluding carboxylic acids is 2. The third-order valence-electron chi connectivity index (χ3n) is 4.87. The smallest absolute Gasteiger partial charge is 0.262 e. The maximum Gasteiger partial charge on any atom is 0.262 e. The molecule has 0 aliphatic carbocycles. The molecule has 0 saturated carbocycles. The predicted molar refractivity (Wildman–Crippen MR) is 81.7 cm³/mol. The Labute approximate surface area is 125 Å². The van der Waals surface area contributed by atoms with Gasteiger partial charge in [0.25, 0.3) is 11.8 Å². The average Bonchev–Trinajstić information content (AvgIpc) is 2.68. The Morgan fingerprint density at radius 2 is 1.71 bits per heavy atom. The maximum absolute atomic E-state index is 12.8. The lowest BCUT2D eigenvalue weighted by Gasteiger charge is -2.34. The Morgan fingerprint density at radius 3 is 2.38 bits per heavy atom. The number of hydrogen-bond acceptors (Lipinski definition) is 3. The van der Waals surface area contributed by atoms with Crippen molar-refractivity contribution < 1.29 is 9.59 Å². The summed E-state index contributed by atoms with van der Waals surface area (Å²) in [5.74, 6) is -0.199. The number of aryl methyl sites for hydroxylation is 2. The molecule has 4 heteroatoms. The Kier molecular flexibility index (Phi) is 3.36. The first-order chi connectivity index (χ1) is 9.91. The molecule has 1 saturated heterocycles. The summed E-state index contributed by atoms with van der Waals surface area (Å²) in [7, 11) is 2.05. The normalized spacial score (nSPS) is 22.9. The molecule has 0 radical (unpaired) electrons. The number of hydrogen-bond donors (Lipinski definition) is 0. The summed E-state index contributed by atoms with van der Waals surface area (Å²) in [6.07, 6.45) is 1.94. The van der Waals surface area contributed by atoms with Crippen LogP contribution in [0, 0.1) is 20.8 Å². The summed E-state index contributed by atoms with van der Waals surface area (Å²) in [6, 6.07) is 2.02. The van der Waals surface area contributed by atoms with E-state index in [1.807, 2.05) is 33.9 Å². The van der Waals surface area contributed by atoms with Gasteiger partial charge in [0.2, 0.25) is 0 Å². The van der Waals surface area contributed by atoms with Crippen molar-refractivity contribution in [2.24, 2.45) is 0 Å². The van der Waals surface area contributed by atoms with E-state index in [1.54, 1.807) is 0 Å². The van der Waals surface area contributed by atoms with Crippen LogP contribution in [-0.4, -0.2) is 47.8 Å². The number of likely N-dealkylation sites (tertiary alicyclic amines) is 1. The van der Waals surface area contributed by atoms with Crippen molar-refractivity contribution in [1.29, 1.82) is 0 Å². The van der Waals surface area contributed by atoms with E-state index in [2.05, 4.69) is 4.90 Å². The molecule has 0 spiro atoms. The molecule has 1 unspecified atom stereocenters. The average molecular weight is 286 g/mol. The Morgan fingerprint density at radius 1 is 1.05 bits per heavy atom. The lowest BCUT2D eigenvalue weighted by Crippen LogP contribution is -2.49. The topological polar surface area (TPSA) is 40.6 Å². The molecule has 3 rings (SSSR count). The fraction of sp³-hybridized carbons (Fsp3) is 0.529. The number of benzene rings is 1. The van der Waals surface area contributed by atoms with Crippen LogP contribution in [0.4, 0.5) is 0 Å². The minimum Gasteiger partial charge on any atom is -0.304 e. The van der Waals surface area contributed by atoms with Gasteiger partial charge in [-0.1, -0.05) is 6.07 Å². The molecule has 1 aromatic carbocycles. The second-order valence-corrected chi connectivity index (χ2v) is 6.42. The van der Waals surface area contributed by atoms with Crippen molar-refractivity contribution in [3.63, 3.8) is 0 Å². The fourth-order valence-electron chi connectivity index (χ4n) is 3.64. The Bertz CT molecular complexity index is 636. The summed E-state index contributed by atoms with van der Waals surface area (Å²) in [6.45, 7) is 7.68. The van der Waals surface area contributed by atoms with Gasteiger partial charge in [-0.15, -0.1) is 0 Å². The molecular weight excluding hydrogens is 264 g/mol. The molecule has 2 aliphatic heterocycles. The molecule has 0 aromatic heterocycles. The van der Waals surface area contributed by atoms with Crippen molar-refractivity contribution in [3.05, 3.63) is 33.9 Å². The van der Waals surface area contributed by atoms with Gasteiger partial charge in [0.05, 0.1) is 17.2 Å². The fourth-order valence-corrected chi connectivity index (χ4v) is 3.64. The van der Waals surface area contributed by atoms with Crippen molar-refractivity contribution in [2.45, 2.75) is 39.7 Å². The number of fused-ring (bicyclic) bond motifs is 1. The Balaban J connectivity index is 2.05. The summed E-state index contributed by atoms with van der Waals surface area (Å²) < 4.78 is 0. The van der Waals surface area contributed by atoms with E-state index in [0.29, 0.717) is 11.1 Å². The molecule has 21 heavy (non-hydrogen) atoms. The van der Waals surface area contributed by atoms with Crippen molar-refractivity contribution >= 4 is 11.8 Å². The predicted octanol–water partition coefficient (Wildman–Crippen LogP) is 2.30. The van der Waals surface area contributed by atoms with Crippen molar-refractivity contribution in [3.8, 4) is 0 Å². The van der Waals surface area contributed by atoms with Gasteiger partial charge in [-0.25, -0.2) is 0 Å². The Hall–Kier alpha value is -1.68. The number of rotatable bonds is 1. The molecule has 2 aliphatic rings. The van der Waals surface area contributed by atoms with Gasteiger partial charge in [0, 0.05) is 6.54 Å². The number of piperidine rings is 1. The first kappa shape index (κ1) is 14.3. The molecule has 4 nitrogen and oxygen atoms in total. The van der Waals surface area contributed by atoms with Gasteiger partial charge in [0.15, 0.2) is 0 Å². The van der Waals surface area contributed by atoms with Gasteiger partial charge in [0.1, 0.15) is 0 Å². The number of imide groups is 1. The van der Waals surface area contributed by atoms with Gasteiger partial charge < -0.3 is 4.90 Å². The highest BCUT2D eigenvalue weighted by Crippen LogP contribution is 2.33. The summed E-state index contributed by atoms with van der Waals surface area (Å²) in [5, 5.41) is 0. The van der Waals surface area contributed by atoms with Crippen molar-refractivity contribution in [2.75, 3.05) is 20.1 Å². The van der Waals surface area contributed by atoms with Crippen LogP contribution in [0.1, 0.15) is 50.2 Å². The molecule has 1 atom stereocenters. The molecule has 112 valence electrons. The molecule has 2 heterocycles. The monoisotopic (exact) mass is 286 g/mol. The van der Waals surface area contributed by atoms with Crippen LogP contribution >= 0.6 is 0 Å². The van der Waals surface area contributed by atoms with Gasteiger partial charge >= 0.3 is 0 Å². The standard InChI is InChI=1S/C17H22N2O2/c1-10-8-11(2)14-15(12(10)3)17(21)19(16(14)20)13-6-5-7-18(4)9-13/h8,13H,5-7,9H2,1-4H3. The lowest BCUT2D eigenvalue weighted by atomic mass is 9.95. The number of amides is 2. The van der Waals surface area contributed by atoms with Crippen LogP contribution < -0.4 is 0 Å². The van der Waals surface area contributed by atoms with E-state index in [-0.39, 0.29) is 17.9 Å². The van der Waals surface area contributed by atoms with Crippen molar-refractivity contribution in [1.82, 2.24) is 9.80 Å². The second kappa shape index (κ2) is 4.95. The molecule has 0 N–H and O–H groups in total. The minimum absolute atomic E-state index is 0.00950. The SMILES string of the molecule is Cc1cc(C)c2c(c1C)C(=O)N(C1CCCN(C)C1)C2=O. The maximum atomic E-state index is 12.8. The first-order valence-corrected chi connectivity index (χ1v) is 7.59. The zero-order valence-electron chi connectivity index (χ0n) is 13.2. The minimum atomic E-state index is -0.101. The lowest BCUT2D eigenvalue weighted by molar-refractivity contribution is 0.0502. The zero-order chi connectivity index (χ0) is 15.3. The van der Waals surface area contributed by atoms with Crippen LogP contribution in [0.3, 0.4) is 0 Å². The van der Waals surface area contributed by atoms with E-state index >= 15 is 0 Å². The third-order valence-corrected chi connectivity index (χ3v) is 4.87. The quantitative estimate of drug-likeness (QED) is 0.744. The van der Waals surface area contributed by atoms with E-state index in [9.17, 15) is 9.59 Å². The highest BCUT2D eigenvalue weighted by molar-refractivity contribution is 6.23. The largest absolute Gasteiger partial charge is 0.304 e. The van der Waals surface area contributed by atoms with Crippen LogP contribution in [0.25, 0.3) is 0 Å². The van der Waals surface area contributed by atoms with E-state index in [0.717, 1.165) is 42.6 Å². The molecule has 1 aromatic rings. The highest BCUT2D eigenvalue weighted by atomic mass is 16.2. The van der Waals surface area contributed by atoms with E-state index in [4.69, 9.17) is 0 Å². The first-order valence-electron chi connectivity index (χ1n) is 7.59. The molecule has 0 bridgehead atoms. The summed E-state index contributed by atoms with van der Waals surface area (Å²) in [5.41, 5.74) is 4.19. The summed E-state index contributed by atoms with van der Waals surface area (Å²) in [4.78, 5) is 29.3. The van der Waals surface area contributed by atoms with Crippen LogP contribution in [-0.2, 0) is 0 Å². The zero-order valence-corrected chi connectivity index (χ0v) is 13.2. The number of carbonyl (C=O) groups is 2. The molecule has 1 fully saturated rings. The molecular formula is C17H22N2O2. The van der Waals surface area contributed by atoms with Crippen LogP contribution in [0.15, 0.2) is 6.07 Å². The van der Waals surface area contributed by atoms with E-state index in [1.165, 1.54) is 4.90 Å².